The molecule has 0 saturated carbocycles. The second-order valence-electron chi connectivity index (χ2n) is 5.07. The summed E-state index contributed by atoms with van der Waals surface area (Å²) in [5.41, 5.74) is 1.08. The lowest BCUT2D eigenvalue weighted by molar-refractivity contribution is -0.118. The van der Waals surface area contributed by atoms with Crippen LogP contribution in [-0.4, -0.2) is 43.4 Å². The lowest BCUT2D eigenvalue weighted by atomic mass is 10.1. The van der Waals surface area contributed by atoms with Gasteiger partial charge in [-0.1, -0.05) is 23.7 Å². The number of nitrogens with one attached hydrogen (secondary N) is 1. The van der Waals surface area contributed by atoms with Crippen molar-refractivity contribution in [3.63, 3.8) is 0 Å². The van der Waals surface area contributed by atoms with Crippen molar-refractivity contribution in [2.45, 2.75) is 18.1 Å². The van der Waals surface area contributed by atoms with Gasteiger partial charge in [0.05, 0.1) is 17.3 Å². The average molecular weight is 348 g/mol. The number of rotatable bonds is 6. The fourth-order valence-electron chi connectivity index (χ4n) is 2.18. The van der Waals surface area contributed by atoms with Crippen LogP contribution in [0.3, 0.4) is 0 Å². The number of carbonyl (C=O) groups is 1. The fourth-order valence-corrected chi connectivity index (χ4v) is 5.86. The number of sulfone groups is 1. The number of amides is 1. The van der Waals surface area contributed by atoms with E-state index in [1.165, 1.54) is 11.8 Å². The Morgan fingerprint density at radius 2 is 2.24 bits per heavy atom. The molecule has 1 saturated heterocycles. The van der Waals surface area contributed by atoms with Crippen molar-refractivity contribution in [1.82, 2.24) is 5.32 Å². The summed E-state index contributed by atoms with van der Waals surface area (Å²) >= 11 is 7.32. The van der Waals surface area contributed by atoms with Gasteiger partial charge in [0.1, 0.15) is 0 Å². The summed E-state index contributed by atoms with van der Waals surface area (Å²) in [6.07, 6.45) is 1.39. The van der Waals surface area contributed by atoms with Crippen LogP contribution in [0, 0.1) is 0 Å². The van der Waals surface area contributed by atoms with Gasteiger partial charge in [-0.25, -0.2) is 8.42 Å². The summed E-state index contributed by atoms with van der Waals surface area (Å²) < 4.78 is 22.6. The molecule has 116 valence electrons. The predicted octanol–water partition coefficient (Wildman–Crippen LogP) is 1.92. The molecule has 1 heterocycles. The molecule has 7 heteroatoms. The SMILES string of the molecule is O=C(CSC1CCS(=O)(=O)C1)NCCc1cccc(Cl)c1. The summed E-state index contributed by atoms with van der Waals surface area (Å²) in [6, 6.07) is 7.55. The third-order valence-corrected chi connectivity index (χ3v) is 6.78. The molecule has 0 spiro atoms. The molecule has 1 aromatic rings. The minimum Gasteiger partial charge on any atom is -0.355 e. The molecule has 0 aliphatic carbocycles. The van der Waals surface area contributed by atoms with Crippen molar-refractivity contribution in [3.05, 3.63) is 34.9 Å². The Morgan fingerprint density at radius 3 is 2.90 bits per heavy atom. The van der Waals surface area contributed by atoms with Gasteiger partial charge in [-0.2, -0.15) is 0 Å². The first-order valence-electron chi connectivity index (χ1n) is 6.78. The van der Waals surface area contributed by atoms with Crippen molar-refractivity contribution >= 4 is 39.1 Å². The van der Waals surface area contributed by atoms with Gasteiger partial charge in [-0.05, 0) is 30.5 Å². The molecule has 2 rings (SSSR count). The zero-order chi connectivity index (χ0) is 15.3. The van der Waals surface area contributed by atoms with E-state index in [2.05, 4.69) is 5.32 Å². The van der Waals surface area contributed by atoms with Gasteiger partial charge in [0.2, 0.25) is 5.91 Å². The van der Waals surface area contributed by atoms with E-state index in [9.17, 15) is 13.2 Å². The average Bonchev–Trinajstić information content (AvgIpc) is 2.76. The minimum atomic E-state index is -2.87. The van der Waals surface area contributed by atoms with Crippen LogP contribution in [0.25, 0.3) is 0 Å². The molecule has 4 nitrogen and oxygen atoms in total. The highest BCUT2D eigenvalue weighted by Gasteiger charge is 2.28. The van der Waals surface area contributed by atoms with Crippen molar-refractivity contribution in [3.8, 4) is 0 Å². The maximum atomic E-state index is 11.7. The number of hydrogen-bond acceptors (Lipinski definition) is 4. The van der Waals surface area contributed by atoms with E-state index in [0.717, 1.165) is 12.0 Å². The number of halogens is 1. The van der Waals surface area contributed by atoms with E-state index >= 15 is 0 Å². The van der Waals surface area contributed by atoms with Crippen LogP contribution < -0.4 is 5.32 Å². The Hall–Kier alpha value is -0.720. The Bertz CT molecular complexity index is 604. The minimum absolute atomic E-state index is 0.0497. The van der Waals surface area contributed by atoms with Crippen LogP contribution in [0.2, 0.25) is 5.02 Å². The van der Waals surface area contributed by atoms with Crippen LogP contribution in [-0.2, 0) is 21.1 Å². The Morgan fingerprint density at radius 1 is 1.43 bits per heavy atom. The van der Waals surface area contributed by atoms with Gasteiger partial charge >= 0.3 is 0 Å². The van der Waals surface area contributed by atoms with E-state index in [1.807, 2.05) is 24.3 Å². The first-order valence-corrected chi connectivity index (χ1v) is 10.0. The van der Waals surface area contributed by atoms with E-state index in [1.54, 1.807) is 0 Å². The number of benzene rings is 1. The molecular weight excluding hydrogens is 330 g/mol. The topological polar surface area (TPSA) is 63.2 Å². The number of hydrogen-bond donors (Lipinski definition) is 1. The highest BCUT2D eigenvalue weighted by molar-refractivity contribution is 8.02. The number of thioether (sulfide) groups is 1. The van der Waals surface area contributed by atoms with Crippen molar-refractivity contribution in [1.29, 1.82) is 0 Å². The zero-order valence-corrected chi connectivity index (χ0v) is 13.9. The molecule has 0 aromatic heterocycles. The van der Waals surface area contributed by atoms with Gasteiger partial charge < -0.3 is 5.32 Å². The van der Waals surface area contributed by atoms with Gasteiger partial charge in [0, 0.05) is 16.8 Å². The highest BCUT2D eigenvalue weighted by atomic mass is 35.5. The van der Waals surface area contributed by atoms with Crippen LogP contribution in [0.4, 0.5) is 0 Å². The summed E-state index contributed by atoms with van der Waals surface area (Å²) in [7, 11) is -2.87. The van der Waals surface area contributed by atoms with E-state index < -0.39 is 9.84 Å². The molecule has 1 amide bonds. The smallest absolute Gasteiger partial charge is 0.230 e. The summed E-state index contributed by atoms with van der Waals surface area (Å²) in [5, 5.41) is 3.60. The van der Waals surface area contributed by atoms with Crippen LogP contribution in [0.1, 0.15) is 12.0 Å². The number of carbonyl (C=O) groups excluding carboxylic acids is 1. The second-order valence-corrected chi connectivity index (χ2v) is 9.02. The molecule has 21 heavy (non-hydrogen) atoms. The van der Waals surface area contributed by atoms with Crippen LogP contribution >= 0.6 is 23.4 Å². The largest absolute Gasteiger partial charge is 0.355 e. The van der Waals surface area contributed by atoms with Gasteiger partial charge in [0.25, 0.3) is 0 Å². The fraction of sp³-hybridized carbons (Fsp3) is 0.500. The first kappa shape index (κ1) is 16.6. The Labute approximate surface area is 134 Å². The molecule has 1 N–H and O–H groups in total. The Kier molecular flexibility index (Phi) is 5.96. The molecule has 1 aliphatic rings. The summed E-state index contributed by atoms with van der Waals surface area (Å²) in [4.78, 5) is 11.7. The highest BCUT2D eigenvalue weighted by Crippen LogP contribution is 2.23. The lowest BCUT2D eigenvalue weighted by Crippen LogP contribution is -2.28. The van der Waals surface area contributed by atoms with Crippen LogP contribution in [0.15, 0.2) is 24.3 Å². The van der Waals surface area contributed by atoms with E-state index in [4.69, 9.17) is 11.6 Å². The van der Waals surface area contributed by atoms with Crippen molar-refractivity contribution < 1.29 is 13.2 Å². The first-order chi connectivity index (χ1) is 9.94. The van der Waals surface area contributed by atoms with E-state index in [-0.39, 0.29) is 22.7 Å². The standard InChI is InChI=1S/C14H18ClNO3S2/c15-12-3-1-2-11(8-12)4-6-16-14(17)9-20-13-5-7-21(18,19)10-13/h1-3,8,13H,4-7,9-10H2,(H,16,17). The van der Waals surface area contributed by atoms with Gasteiger partial charge in [0.15, 0.2) is 9.84 Å². The maximum Gasteiger partial charge on any atom is 0.230 e. The normalized spacial score (nSPS) is 20.3. The third-order valence-electron chi connectivity index (χ3n) is 3.27. The molecule has 1 fully saturated rings. The molecule has 1 unspecified atom stereocenters. The van der Waals surface area contributed by atoms with Gasteiger partial charge in [-0.15, -0.1) is 11.8 Å². The molecule has 0 radical (unpaired) electrons. The molecule has 1 aliphatic heterocycles. The molecule has 1 aromatic carbocycles. The van der Waals surface area contributed by atoms with Crippen molar-refractivity contribution in [2.24, 2.45) is 0 Å². The summed E-state index contributed by atoms with van der Waals surface area (Å²) in [6.45, 7) is 0.558. The third kappa shape index (κ3) is 5.88. The quantitative estimate of drug-likeness (QED) is 0.854. The Balaban J connectivity index is 1.64. The molecule has 0 bridgehead atoms. The van der Waals surface area contributed by atoms with Crippen LogP contribution in [0.5, 0.6) is 0 Å². The zero-order valence-electron chi connectivity index (χ0n) is 11.5. The monoisotopic (exact) mass is 347 g/mol. The predicted molar refractivity (Wildman–Crippen MR) is 87.7 cm³/mol. The molecule has 1 atom stereocenters. The summed E-state index contributed by atoms with van der Waals surface area (Å²) in [5.74, 6) is 0.718. The maximum absolute atomic E-state index is 11.7. The van der Waals surface area contributed by atoms with Crippen molar-refractivity contribution in [2.75, 3.05) is 23.8 Å². The van der Waals surface area contributed by atoms with Gasteiger partial charge in [-0.3, -0.25) is 4.79 Å². The van der Waals surface area contributed by atoms with E-state index in [0.29, 0.717) is 23.7 Å². The molecular formula is C14H18ClNO3S2. The lowest BCUT2D eigenvalue weighted by Gasteiger charge is -2.08. The second kappa shape index (κ2) is 7.51.